The summed E-state index contributed by atoms with van der Waals surface area (Å²) < 4.78 is 74.5. The minimum absolute atomic E-state index is 0.00278. The second kappa shape index (κ2) is 15.3. The lowest BCUT2D eigenvalue weighted by Gasteiger charge is -2.29. The summed E-state index contributed by atoms with van der Waals surface area (Å²) in [4.78, 5) is 22.1. The Morgan fingerprint density at radius 3 is 2.48 bits per heavy atom. The van der Waals surface area contributed by atoms with Crippen LogP contribution in [0.15, 0.2) is 48.7 Å². The lowest BCUT2D eigenvalue weighted by molar-refractivity contribution is -0.123. The number of carbonyl (C=O) groups excluding carboxylic acids is 1. The van der Waals surface area contributed by atoms with Crippen LogP contribution >= 0.6 is 0 Å². The molecule has 4 N–H and O–H groups in total. The van der Waals surface area contributed by atoms with Gasteiger partial charge in [-0.2, -0.15) is 13.2 Å². The lowest BCUT2D eigenvalue weighted by Crippen LogP contribution is -2.50. The molecular weight excluding hydrogens is 629 g/mol. The molecule has 0 saturated carbocycles. The highest BCUT2D eigenvalue weighted by Crippen LogP contribution is 2.38. The van der Waals surface area contributed by atoms with Crippen LogP contribution in [0.2, 0.25) is 0 Å². The number of carboxylic acid groups (broad SMARTS) is 1. The summed E-state index contributed by atoms with van der Waals surface area (Å²) in [6, 6.07) is 11.6. The average molecular weight is 669 g/mol. The highest BCUT2D eigenvalue weighted by Gasteiger charge is 2.39. The second-order valence-corrected chi connectivity index (χ2v) is 13.3. The van der Waals surface area contributed by atoms with Gasteiger partial charge in [0.1, 0.15) is 6.54 Å². The first-order valence-corrected chi connectivity index (χ1v) is 16.6. The molecular formula is C31H39F3N4O7S. The van der Waals surface area contributed by atoms with Crippen molar-refractivity contribution in [1.82, 2.24) is 15.2 Å². The number of nitrogens with zero attached hydrogens (tertiary/aromatic N) is 2. The number of anilines is 1. The third-order valence-electron chi connectivity index (χ3n) is 8.11. The number of benzene rings is 2. The number of aliphatic hydroxyl groups is 1. The molecule has 0 bridgehead atoms. The van der Waals surface area contributed by atoms with Crippen LogP contribution in [0.5, 0.6) is 0 Å². The van der Waals surface area contributed by atoms with Gasteiger partial charge in [-0.25, -0.2) is 8.42 Å². The molecule has 1 saturated heterocycles. The third-order valence-corrected chi connectivity index (χ3v) is 9.81. The molecule has 0 radical (unpaired) electrons. The minimum atomic E-state index is -4.80. The van der Waals surface area contributed by atoms with Crippen LogP contribution in [0, 0.1) is 0 Å². The van der Waals surface area contributed by atoms with Crippen molar-refractivity contribution in [2.45, 2.75) is 63.5 Å². The van der Waals surface area contributed by atoms with Gasteiger partial charge < -0.3 is 30.2 Å². The van der Waals surface area contributed by atoms with Gasteiger partial charge in [-0.1, -0.05) is 37.3 Å². The molecule has 3 aromatic rings. The fraction of sp³-hybridized carbons (Fsp3) is 0.484. The molecule has 0 aliphatic carbocycles. The first-order chi connectivity index (χ1) is 21.9. The zero-order chi connectivity index (χ0) is 33.5. The maximum Gasteiger partial charge on any atom is 0.407 e. The van der Waals surface area contributed by atoms with Gasteiger partial charge in [0.2, 0.25) is 10.0 Å². The highest BCUT2D eigenvalue weighted by molar-refractivity contribution is 7.92. The van der Waals surface area contributed by atoms with Gasteiger partial charge in [0, 0.05) is 49.5 Å². The monoisotopic (exact) mass is 668 g/mol. The summed E-state index contributed by atoms with van der Waals surface area (Å²) in [6.07, 6.45) is -1.57. The number of aromatic nitrogens is 1. The van der Waals surface area contributed by atoms with Crippen LogP contribution in [-0.4, -0.2) is 92.0 Å². The number of nitrogens with one attached hydrogen (secondary N) is 2. The van der Waals surface area contributed by atoms with Crippen molar-refractivity contribution in [3.8, 4) is 0 Å². The number of halogens is 3. The van der Waals surface area contributed by atoms with Gasteiger partial charge in [0.25, 0.3) is 12.4 Å². The second-order valence-electron chi connectivity index (χ2n) is 11.3. The zero-order valence-electron chi connectivity index (χ0n) is 25.4. The number of alkyl halides is 3. The number of hydrogen-bond donors (Lipinski definition) is 4. The highest BCUT2D eigenvalue weighted by atomic mass is 32.2. The molecule has 2 aromatic carbocycles. The molecule has 0 spiro atoms. The Balaban J connectivity index is 0.00000154. The molecule has 2 aliphatic heterocycles. The maximum absolute atomic E-state index is 13.8. The van der Waals surface area contributed by atoms with Crippen molar-refractivity contribution >= 4 is 39.0 Å². The van der Waals surface area contributed by atoms with Crippen LogP contribution in [0.1, 0.15) is 41.3 Å². The number of amides is 1. The topological polar surface area (TPSA) is 150 Å². The number of rotatable bonds is 10. The van der Waals surface area contributed by atoms with E-state index >= 15 is 0 Å². The van der Waals surface area contributed by atoms with E-state index in [0.29, 0.717) is 41.3 Å². The average Bonchev–Trinajstić information content (AvgIpc) is 3.35. The number of ether oxygens (including phenoxy) is 1. The van der Waals surface area contributed by atoms with E-state index in [0.717, 1.165) is 24.0 Å². The Morgan fingerprint density at radius 1 is 1.17 bits per heavy atom. The molecule has 46 heavy (non-hydrogen) atoms. The van der Waals surface area contributed by atoms with Crippen molar-refractivity contribution in [3.63, 3.8) is 0 Å². The quantitative estimate of drug-likeness (QED) is 0.241. The predicted octanol–water partition coefficient (Wildman–Crippen LogP) is 3.09. The van der Waals surface area contributed by atoms with Gasteiger partial charge in [-0.05, 0) is 48.9 Å². The first kappa shape index (κ1) is 35.2. The third kappa shape index (κ3) is 8.78. The van der Waals surface area contributed by atoms with Crippen molar-refractivity contribution in [2.75, 3.05) is 36.4 Å². The lowest BCUT2D eigenvalue weighted by atomic mass is 9.99. The van der Waals surface area contributed by atoms with Gasteiger partial charge in [-0.15, -0.1) is 0 Å². The predicted molar refractivity (Wildman–Crippen MR) is 166 cm³/mol. The Morgan fingerprint density at radius 2 is 1.85 bits per heavy atom. The molecule has 2 aliphatic rings. The van der Waals surface area contributed by atoms with E-state index < -0.39 is 46.6 Å². The molecule has 0 unspecified atom stereocenters. The van der Waals surface area contributed by atoms with E-state index in [1.54, 1.807) is 16.8 Å². The van der Waals surface area contributed by atoms with Gasteiger partial charge in [0.15, 0.2) is 0 Å². The number of sulfonamides is 1. The van der Waals surface area contributed by atoms with E-state index in [4.69, 9.17) is 14.6 Å². The molecule has 1 amide bonds. The SMILES string of the molecule is CCc1cn2c3c(cc(C(=O)N[C@@H](Cc4ccccc4)[C@H](O)CNC4CCOCC4)cc13)N(CC(F)(F)F)S(=O)(=O)CC2.O=CO. The summed E-state index contributed by atoms with van der Waals surface area (Å²) in [5, 5.41) is 24.9. The first-order valence-electron chi connectivity index (χ1n) is 15.0. The van der Waals surface area contributed by atoms with Gasteiger partial charge in [-0.3, -0.25) is 13.9 Å². The number of aliphatic hydroxyl groups excluding tert-OH is 1. The molecule has 5 rings (SSSR count). The zero-order valence-corrected chi connectivity index (χ0v) is 26.2. The van der Waals surface area contributed by atoms with Crippen LogP contribution < -0.4 is 14.9 Å². The summed E-state index contributed by atoms with van der Waals surface area (Å²) in [5.41, 5.74) is 1.85. The van der Waals surface area contributed by atoms with Gasteiger partial charge >= 0.3 is 6.18 Å². The number of carbonyl (C=O) groups is 2. The van der Waals surface area contributed by atoms with Crippen molar-refractivity contribution in [1.29, 1.82) is 0 Å². The molecule has 3 heterocycles. The van der Waals surface area contributed by atoms with Crippen molar-refractivity contribution in [2.24, 2.45) is 0 Å². The van der Waals surface area contributed by atoms with E-state index in [9.17, 15) is 31.5 Å². The van der Waals surface area contributed by atoms with Crippen molar-refractivity contribution in [3.05, 3.63) is 65.4 Å². The molecule has 1 aromatic heterocycles. The Hall–Kier alpha value is -3.66. The molecule has 2 atom stereocenters. The minimum Gasteiger partial charge on any atom is -0.483 e. The van der Waals surface area contributed by atoms with E-state index in [1.165, 1.54) is 6.07 Å². The Kier molecular flexibility index (Phi) is 11.7. The van der Waals surface area contributed by atoms with Gasteiger partial charge in [0.05, 0.1) is 29.1 Å². The van der Waals surface area contributed by atoms with Crippen LogP contribution in [0.25, 0.3) is 10.9 Å². The van der Waals surface area contributed by atoms with Crippen molar-refractivity contribution < 1.29 is 46.1 Å². The fourth-order valence-corrected chi connectivity index (χ4v) is 7.25. The summed E-state index contributed by atoms with van der Waals surface area (Å²) in [6.45, 7) is 1.41. The Labute approximate surface area is 265 Å². The van der Waals surface area contributed by atoms with E-state index in [1.807, 2.05) is 37.3 Å². The normalized spacial score (nSPS) is 17.8. The van der Waals surface area contributed by atoms with Crippen LogP contribution in [-0.2, 0) is 38.9 Å². The summed E-state index contributed by atoms with van der Waals surface area (Å²) in [7, 11) is -4.33. The molecule has 1 fully saturated rings. The fourth-order valence-electron chi connectivity index (χ4n) is 5.82. The van der Waals surface area contributed by atoms with Crippen LogP contribution in [0.4, 0.5) is 18.9 Å². The molecule has 11 nitrogen and oxygen atoms in total. The maximum atomic E-state index is 13.8. The summed E-state index contributed by atoms with van der Waals surface area (Å²) >= 11 is 0. The summed E-state index contributed by atoms with van der Waals surface area (Å²) in [5.74, 6) is -1.12. The van der Waals surface area contributed by atoms with Crippen LogP contribution in [0.3, 0.4) is 0 Å². The smallest absolute Gasteiger partial charge is 0.407 e. The van der Waals surface area contributed by atoms with E-state index in [-0.39, 0.29) is 36.9 Å². The standard InChI is InChI=1S/C30H37F3N4O5S.CH2O2/c1-2-21-18-36-10-13-43(40,41)37(19-30(31,32)33)26-16-22(15-24(21)28(26)36)29(39)35-25(14-20-6-4-3-5-7-20)27(38)17-34-23-8-11-42-12-9-23;2-1-3/h3-7,15-16,18,23,25,27,34,38H,2,8-14,17,19H2,1H3,(H,35,39);1H,(H,2,3)/t25-,27+;/m0./s1. The largest absolute Gasteiger partial charge is 0.483 e. The number of aryl methyl sites for hydroxylation is 2. The Bertz CT molecular complexity index is 1590. The molecule has 15 heteroatoms. The van der Waals surface area contributed by atoms with E-state index in [2.05, 4.69) is 10.6 Å². The number of hydrogen-bond acceptors (Lipinski definition) is 7. The molecule has 252 valence electrons.